The molecule has 2 N–H and O–H groups in total. The van der Waals surface area contributed by atoms with Crippen LogP contribution in [0, 0.1) is 17.0 Å². The molecule has 0 unspecified atom stereocenters. The highest BCUT2D eigenvalue weighted by Gasteiger charge is 2.25. The minimum atomic E-state index is -0.485. The maximum Gasteiger partial charge on any atom is 0.354 e. The molecule has 1 saturated heterocycles. The number of piperazine rings is 1. The Kier molecular flexibility index (Phi) is 5.50. The lowest BCUT2D eigenvalue weighted by molar-refractivity contribution is -0.383. The summed E-state index contributed by atoms with van der Waals surface area (Å²) in [7, 11) is 2.04. The second-order valence-corrected chi connectivity index (χ2v) is 6.60. The van der Waals surface area contributed by atoms with Crippen LogP contribution < -0.4 is 10.7 Å². The molecule has 0 amide bonds. The smallest absolute Gasteiger partial charge is 0.334 e. The molecule has 1 aromatic heterocycles. The highest BCUT2D eigenvalue weighted by atomic mass is 35.5. The second kappa shape index (κ2) is 7.81. The predicted molar refractivity (Wildman–Crippen MR) is 101 cm³/mol. The molecule has 0 atom stereocenters. The molecule has 1 aliphatic heterocycles. The van der Waals surface area contributed by atoms with Crippen LogP contribution in [0.25, 0.3) is 0 Å². The molecule has 0 radical (unpaired) electrons. The maximum atomic E-state index is 11.7. The molecule has 3 rings (SSSR count). The molecule has 138 valence electrons. The summed E-state index contributed by atoms with van der Waals surface area (Å²) in [6.45, 7) is 5.12. The number of aromatic nitrogens is 2. The Bertz CT molecular complexity index is 809. The number of likely N-dealkylation sites (N-methyl/N-ethyl adjacent to an activating group) is 1. The largest absolute Gasteiger partial charge is 0.354 e. The van der Waals surface area contributed by atoms with Gasteiger partial charge in [0.1, 0.15) is 6.33 Å². The minimum Gasteiger partial charge on any atom is -0.334 e. The number of halogens is 1. The van der Waals surface area contributed by atoms with E-state index < -0.39 is 4.92 Å². The third-order valence-corrected chi connectivity index (χ3v) is 4.46. The van der Waals surface area contributed by atoms with E-state index in [9.17, 15) is 10.1 Å². The van der Waals surface area contributed by atoms with Crippen molar-refractivity contribution in [2.45, 2.75) is 6.92 Å². The van der Waals surface area contributed by atoms with Crippen LogP contribution in [0.3, 0.4) is 0 Å². The van der Waals surface area contributed by atoms with E-state index in [0.29, 0.717) is 10.7 Å². The van der Waals surface area contributed by atoms with Crippen LogP contribution in [-0.2, 0) is 0 Å². The van der Waals surface area contributed by atoms with Gasteiger partial charge in [0.25, 0.3) is 0 Å². The molecular weight excluding hydrogens is 358 g/mol. The van der Waals surface area contributed by atoms with E-state index in [2.05, 4.69) is 25.6 Å². The van der Waals surface area contributed by atoms with Crippen molar-refractivity contribution in [1.29, 1.82) is 0 Å². The number of nitrogens with zero attached hydrogens (tertiary/aromatic N) is 5. The summed E-state index contributed by atoms with van der Waals surface area (Å²) in [4.78, 5) is 21.5. The van der Waals surface area contributed by atoms with E-state index in [1.165, 1.54) is 6.33 Å². The number of hydrogen-bond donors (Lipinski definition) is 2. The summed E-state index contributed by atoms with van der Waals surface area (Å²) in [5, 5.41) is 17.1. The van der Waals surface area contributed by atoms with Crippen LogP contribution in [0.4, 0.5) is 23.0 Å². The van der Waals surface area contributed by atoms with Gasteiger partial charge in [-0.2, -0.15) is 0 Å². The molecule has 1 aliphatic rings. The first-order chi connectivity index (χ1) is 12.4. The van der Waals surface area contributed by atoms with E-state index in [-0.39, 0.29) is 17.3 Å². The lowest BCUT2D eigenvalue weighted by Gasteiger charge is -2.32. The van der Waals surface area contributed by atoms with Crippen LogP contribution in [0.15, 0.2) is 24.5 Å². The van der Waals surface area contributed by atoms with Gasteiger partial charge < -0.3 is 10.2 Å². The zero-order chi connectivity index (χ0) is 18.7. The molecule has 0 spiro atoms. The van der Waals surface area contributed by atoms with E-state index in [1.54, 1.807) is 12.1 Å². The Labute approximate surface area is 156 Å². The van der Waals surface area contributed by atoms with Gasteiger partial charge in [-0.1, -0.05) is 17.7 Å². The fraction of sp³-hybridized carbons (Fsp3) is 0.375. The number of nitrogens with one attached hydrogen (secondary N) is 2. The summed E-state index contributed by atoms with van der Waals surface area (Å²) < 4.78 is 0. The molecule has 26 heavy (non-hydrogen) atoms. The molecule has 2 heterocycles. The quantitative estimate of drug-likeness (QED) is 0.606. The van der Waals surface area contributed by atoms with Gasteiger partial charge in [0.05, 0.1) is 4.92 Å². The van der Waals surface area contributed by atoms with Crippen molar-refractivity contribution in [2.75, 3.05) is 44.0 Å². The molecule has 9 nitrogen and oxygen atoms in total. The summed E-state index contributed by atoms with van der Waals surface area (Å²) in [6, 6.07) is 5.30. The van der Waals surface area contributed by atoms with E-state index in [1.807, 2.05) is 25.0 Å². The topological polar surface area (TPSA) is 99.5 Å². The normalized spacial score (nSPS) is 15.7. The average molecular weight is 378 g/mol. The molecule has 10 heteroatoms. The Morgan fingerprint density at radius 1 is 1.19 bits per heavy atom. The molecule has 0 aliphatic carbocycles. The van der Waals surface area contributed by atoms with Gasteiger partial charge in [-0.3, -0.25) is 15.5 Å². The summed E-state index contributed by atoms with van der Waals surface area (Å²) in [5.41, 5.74) is 4.40. The van der Waals surface area contributed by atoms with Crippen molar-refractivity contribution < 1.29 is 4.92 Å². The average Bonchev–Trinajstić information content (AvgIpc) is 2.60. The number of anilines is 3. The fourth-order valence-electron chi connectivity index (χ4n) is 2.65. The zero-order valence-electron chi connectivity index (χ0n) is 14.6. The van der Waals surface area contributed by atoms with Crippen molar-refractivity contribution in [3.63, 3.8) is 0 Å². The molecular formula is C16H20ClN7O2. The third kappa shape index (κ3) is 4.18. The van der Waals surface area contributed by atoms with Crippen LogP contribution >= 0.6 is 11.6 Å². The van der Waals surface area contributed by atoms with Crippen molar-refractivity contribution in [1.82, 2.24) is 19.9 Å². The molecule has 1 fully saturated rings. The molecule has 1 aromatic carbocycles. The summed E-state index contributed by atoms with van der Waals surface area (Å²) >= 11 is 6.03. The first-order valence-electron chi connectivity index (χ1n) is 8.17. The van der Waals surface area contributed by atoms with Crippen molar-refractivity contribution in [2.24, 2.45) is 0 Å². The Hall–Kier alpha value is -2.49. The number of hydrazine groups is 1. The van der Waals surface area contributed by atoms with Crippen molar-refractivity contribution >= 4 is 34.6 Å². The minimum absolute atomic E-state index is 0.118. The Balaban J connectivity index is 1.88. The SMILES string of the molecule is Cc1ccc(Cl)cc1Nc1ncnc(NN2CCN(C)CC2)c1[N+](=O)[O-]. The van der Waals surface area contributed by atoms with Gasteiger partial charge >= 0.3 is 5.69 Å². The first kappa shape index (κ1) is 18.3. The molecule has 2 aromatic rings. The number of hydrogen-bond acceptors (Lipinski definition) is 8. The standard InChI is InChI=1S/C16H20ClN7O2/c1-11-3-4-12(17)9-13(11)20-15-14(24(25)26)16(19-10-18-15)21-23-7-5-22(2)6-8-23/h3-4,9-10H,5-8H2,1-2H3,(H2,18,19,20,21). The fourth-order valence-corrected chi connectivity index (χ4v) is 2.82. The van der Waals surface area contributed by atoms with Gasteiger partial charge in [-0.05, 0) is 31.7 Å². The maximum absolute atomic E-state index is 11.7. The summed E-state index contributed by atoms with van der Waals surface area (Å²) in [6.07, 6.45) is 1.30. The number of nitro groups is 1. The van der Waals surface area contributed by atoms with Gasteiger partial charge in [0, 0.05) is 36.9 Å². The Morgan fingerprint density at radius 2 is 1.88 bits per heavy atom. The number of rotatable bonds is 5. The van der Waals surface area contributed by atoms with Crippen molar-refractivity contribution in [3.8, 4) is 0 Å². The lowest BCUT2D eigenvalue weighted by Crippen LogP contribution is -2.47. The zero-order valence-corrected chi connectivity index (χ0v) is 15.3. The summed E-state index contributed by atoms with van der Waals surface area (Å²) in [5.74, 6) is 0.281. The van der Waals surface area contributed by atoms with Gasteiger partial charge in [0.15, 0.2) is 0 Å². The first-order valence-corrected chi connectivity index (χ1v) is 8.54. The number of aryl methyl sites for hydroxylation is 1. The second-order valence-electron chi connectivity index (χ2n) is 6.16. The monoisotopic (exact) mass is 377 g/mol. The van der Waals surface area contributed by atoms with Crippen LogP contribution in [0.1, 0.15) is 5.56 Å². The predicted octanol–water partition coefficient (Wildman–Crippen LogP) is 2.66. The van der Waals surface area contributed by atoms with Gasteiger partial charge in [-0.15, -0.1) is 0 Å². The van der Waals surface area contributed by atoms with E-state index >= 15 is 0 Å². The van der Waals surface area contributed by atoms with Gasteiger partial charge in [-0.25, -0.2) is 15.0 Å². The number of benzene rings is 1. The van der Waals surface area contributed by atoms with Crippen LogP contribution in [-0.4, -0.2) is 58.0 Å². The van der Waals surface area contributed by atoms with E-state index in [0.717, 1.165) is 31.7 Å². The van der Waals surface area contributed by atoms with E-state index in [4.69, 9.17) is 11.6 Å². The van der Waals surface area contributed by atoms with Gasteiger partial charge in [0.2, 0.25) is 11.6 Å². The van der Waals surface area contributed by atoms with Crippen molar-refractivity contribution in [3.05, 3.63) is 45.2 Å². The molecule has 0 bridgehead atoms. The molecule has 0 saturated carbocycles. The van der Waals surface area contributed by atoms with Crippen LogP contribution in [0.2, 0.25) is 5.02 Å². The van der Waals surface area contributed by atoms with Crippen LogP contribution in [0.5, 0.6) is 0 Å². The third-order valence-electron chi connectivity index (χ3n) is 4.22. The lowest BCUT2D eigenvalue weighted by atomic mass is 10.2. The highest BCUT2D eigenvalue weighted by molar-refractivity contribution is 6.30. The Morgan fingerprint density at radius 3 is 2.58 bits per heavy atom. The highest BCUT2D eigenvalue weighted by Crippen LogP contribution is 2.33.